The summed E-state index contributed by atoms with van der Waals surface area (Å²) in [5, 5.41) is 4.69. The van der Waals surface area contributed by atoms with E-state index in [4.69, 9.17) is 10.6 Å². The van der Waals surface area contributed by atoms with Crippen molar-refractivity contribution in [3.8, 4) is 6.01 Å². The first-order valence-corrected chi connectivity index (χ1v) is 6.85. The second kappa shape index (κ2) is 6.82. The number of H-pyrrole nitrogens is 1. The Labute approximate surface area is 118 Å². The normalized spacial score (nSPS) is 10.3. The summed E-state index contributed by atoms with van der Waals surface area (Å²) in [6.45, 7) is 2.88. The van der Waals surface area contributed by atoms with E-state index < -0.39 is 0 Å². The molecule has 9 nitrogen and oxygen atoms in total. The molecule has 0 bridgehead atoms. The molecule has 0 atom stereocenters. The lowest BCUT2D eigenvalue weighted by Gasteiger charge is -2.08. The van der Waals surface area contributed by atoms with Crippen LogP contribution in [-0.4, -0.2) is 26.5 Å². The van der Waals surface area contributed by atoms with Gasteiger partial charge in [-0.3, -0.25) is 10.2 Å². The second-order valence-electron chi connectivity index (χ2n) is 3.78. The van der Waals surface area contributed by atoms with Crippen molar-refractivity contribution < 1.29 is 4.74 Å². The first-order valence-electron chi connectivity index (χ1n) is 5.97. The zero-order chi connectivity index (χ0) is 14.4. The molecule has 0 spiro atoms. The quantitative estimate of drug-likeness (QED) is 0.424. The summed E-state index contributed by atoms with van der Waals surface area (Å²) in [5.41, 5.74) is 3.10. The highest BCUT2D eigenvalue weighted by Gasteiger charge is 2.07. The van der Waals surface area contributed by atoms with Crippen LogP contribution in [0, 0.1) is 0 Å². The minimum atomic E-state index is -0.103. The minimum Gasteiger partial charge on any atom is -0.463 e. The number of aromatic amines is 1. The van der Waals surface area contributed by atoms with Crippen molar-refractivity contribution in [2.45, 2.75) is 19.9 Å². The lowest BCUT2D eigenvalue weighted by Crippen LogP contribution is -2.15. The number of nitrogen functional groups attached to an aromatic ring is 1. The van der Waals surface area contributed by atoms with E-state index >= 15 is 0 Å². The van der Waals surface area contributed by atoms with Crippen LogP contribution < -0.4 is 26.2 Å². The molecule has 0 saturated carbocycles. The third-order valence-corrected chi connectivity index (χ3v) is 2.91. The monoisotopic (exact) mass is 297 g/mol. The van der Waals surface area contributed by atoms with E-state index in [0.717, 1.165) is 23.5 Å². The van der Waals surface area contributed by atoms with Gasteiger partial charge in [0.1, 0.15) is 0 Å². The van der Waals surface area contributed by atoms with E-state index in [0.29, 0.717) is 19.1 Å². The van der Waals surface area contributed by atoms with Gasteiger partial charge in [0.05, 0.1) is 13.2 Å². The van der Waals surface area contributed by atoms with Gasteiger partial charge in [-0.2, -0.15) is 15.0 Å². The summed E-state index contributed by atoms with van der Waals surface area (Å²) < 4.78 is 5.34. The standard InChI is InChI=1S/C10H15N7O2S/c1-2-3-19-9-15-7(14-8(16-9)17-11)12-4-6-5-20-10(18)13-6/h5H,2-4,11H2,1H3,(H,13,18)(H2,12,14,15,16,17). The fourth-order valence-electron chi connectivity index (χ4n) is 1.33. The van der Waals surface area contributed by atoms with Gasteiger partial charge in [-0.15, -0.1) is 0 Å². The molecule has 0 aliphatic rings. The summed E-state index contributed by atoms with van der Waals surface area (Å²) in [6.07, 6.45) is 0.843. The Morgan fingerprint density at radius 1 is 1.40 bits per heavy atom. The minimum absolute atomic E-state index is 0.103. The number of hydrogen-bond acceptors (Lipinski definition) is 9. The number of aromatic nitrogens is 4. The molecule has 2 rings (SSSR count). The van der Waals surface area contributed by atoms with E-state index in [2.05, 4.69) is 30.7 Å². The number of nitrogens with one attached hydrogen (secondary N) is 3. The zero-order valence-electron chi connectivity index (χ0n) is 10.8. The van der Waals surface area contributed by atoms with Gasteiger partial charge in [-0.05, 0) is 6.42 Å². The molecular formula is C10H15N7O2S. The van der Waals surface area contributed by atoms with Crippen molar-refractivity contribution in [2.75, 3.05) is 17.3 Å². The summed E-state index contributed by atoms with van der Waals surface area (Å²) in [5.74, 6) is 5.81. The number of nitrogens with two attached hydrogens (primary N) is 1. The maximum Gasteiger partial charge on any atom is 0.323 e. The lowest BCUT2D eigenvalue weighted by molar-refractivity contribution is 0.292. The highest BCUT2D eigenvalue weighted by atomic mass is 32.1. The fraction of sp³-hybridized carbons (Fsp3) is 0.400. The molecule has 0 aromatic carbocycles. The van der Waals surface area contributed by atoms with E-state index in [1.807, 2.05) is 6.92 Å². The van der Waals surface area contributed by atoms with E-state index in [9.17, 15) is 4.79 Å². The number of hydrazine groups is 1. The molecule has 2 aromatic heterocycles. The molecule has 108 valence electrons. The number of thiazole rings is 1. The summed E-state index contributed by atoms with van der Waals surface area (Å²) >= 11 is 1.10. The first kappa shape index (κ1) is 14.2. The molecule has 0 fully saturated rings. The Hall–Kier alpha value is -2.20. The van der Waals surface area contributed by atoms with E-state index in [1.165, 1.54) is 0 Å². The van der Waals surface area contributed by atoms with Gasteiger partial charge in [0.2, 0.25) is 11.9 Å². The fourth-order valence-corrected chi connectivity index (χ4v) is 1.91. The second-order valence-corrected chi connectivity index (χ2v) is 4.63. The maximum absolute atomic E-state index is 11.0. The highest BCUT2D eigenvalue weighted by molar-refractivity contribution is 7.07. The van der Waals surface area contributed by atoms with Crippen LogP contribution in [0.1, 0.15) is 19.0 Å². The predicted octanol–water partition coefficient (Wildman–Crippen LogP) is 0.308. The summed E-state index contributed by atoms with van der Waals surface area (Å²) in [6, 6.07) is 0.191. The van der Waals surface area contributed by atoms with Crippen LogP contribution in [0.15, 0.2) is 10.2 Å². The van der Waals surface area contributed by atoms with Gasteiger partial charge in [0.25, 0.3) is 0 Å². The number of rotatable bonds is 7. The van der Waals surface area contributed by atoms with Crippen LogP contribution >= 0.6 is 11.3 Å². The molecule has 0 radical (unpaired) electrons. The molecule has 5 N–H and O–H groups in total. The van der Waals surface area contributed by atoms with Gasteiger partial charge < -0.3 is 15.0 Å². The lowest BCUT2D eigenvalue weighted by atomic mass is 10.5. The van der Waals surface area contributed by atoms with Gasteiger partial charge >= 0.3 is 10.9 Å². The molecule has 0 aliphatic carbocycles. The summed E-state index contributed by atoms with van der Waals surface area (Å²) in [7, 11) is 0. The third kappa shape index (κ3) is 3.90. The van der Waals surface area contributed by atoms with Crippen LogP contribution in [0.5, 0.6) is 6.01 Å². The molecule has 10 heteroatoms. The van der Waals surface area contributed by atoms with Crippen molar-refractivity contribution in [3.05, 3.63) is 20.7 Å². The van der Waals surface area contributed by atoms with Crippen LogP contribution in [0.4, 0.5) is 11.9 Å². The molecule has 0 saturated heterocycles. The molecule has 0 amide bonds. The van der Waals surface area contributed by atoms with Crippen LogP contribution in [0.25, 0.3) is 0 Å². The SMILES string of the molecule is CCCOc1nc(NN)nc(NCc2csc(=O)[nH]2)n1. The molecule has 20 heavy (non-hydrogen) atoms. The summed E-state index contributed by atoms with van der Waals surface area (Å²) in [4.78, 5) is 25.7. The number of hydrogen-bond donors (Lipinski definition) is 4. The Balaban J connectivity index is 2.07. The Morgan fingerprint density at radius 3 is 2.85 bits per heavy atom. The van der Waals surface area contributed by atoms with Gasteiger partial charge in [-0.1, -0.05) is 18.3 Å². The van der Waals surface area contributed by atoms with Crippen molar-refractivity contribution >= 4 is 23.2 Å². The predicted molar refractivity (Wildman–Crippen MR) is 75.7 cm³/mol. The molecular weight excluding hydrogens is 282 g/mol. The zero-order valence-corrected chi connectivity index (χ0v) is 11.7. The van der Waals surface area contributed by atoms with Crippen molar-refractivity contribution in [2.24, 2.45) is 5.84 Å². The smallest absolute Gasteiger partial charge is 0.323 e. The van der Waals surface area contributed by atoms with Crippen LogP contribution in [0.2, 0.25) is 0 Å². The Morgan fingerprint density at radius 2 is 2.20 bits per heavy atom. The van der Waals surface area contributed by atoms with Crippen molar-refractivity contribution in [1.29, 1.82) is 0 Å². The van der Waals surface area contributed by atoms with Crippen molar-refractivity contribution in [1.82, 2.24) is 19.9 Å². The topological polar surface area (TPSA) is 131 Å². The molecule has 2 aromatic rings. The van der Waals surface area contributed by atoms with Gasteiger partial charge in [0.15, 0.2) is 0 Å². The van der Waals surface area contributed by atoms with Crippen molar-refractivity contribution in [3.63, 3.8) is 0 Å². The first-order chi connectivity index (χ1) is 9.71. The Kier molecular flexibility index (Phi) is 4.85. The molecule has 0 unspecified atom stereocenters. The number of nitrogens with zero attached hydrogens (tertiary/aromatic N) is 3. The maximum atomic E-state index is 11.0. The van der Waals surface area contributed by atoms with E-state index in [1.54, 1.807) is 5.38 Å². The van der Waals surface area contributed by atoms with Crippen LogP contribution in [0.3, 0.4) is 0 Å². The number of ether oxygens (including phenoxy) is 1. The number of anilines is 2. The average Bonchev–Trinajstić information content (AvgIpc) is 2.88. The third-order valence-electron chi connectivity index (χ3n) is 2.19. The molecule has 2 heterocycles. The largest absolute Gasteiger partial charge is 0.463 e. The van der Waals surface area contributed by atoms with Gasteiger partial charge in [-0.25, -0.2) is 5.84 Å². The average molecular weight is 297 g/mol. The highest BCUT2D eigenvalue weighted by Crippen LogP contribution is 2.11. The van der Waals surface area contributed by atoms with Gasteiger partial charge in [0, 0.05) is 11.1 Å². The Bertz CT molecular complexity index is 612. The van der Waals surface area contributed by atoms with E-state index in [-0.39, 0.29) is 16.8 Å². The molecule has 0 aliphatic heterocycles. The van der Waals surface area contributed by atoms with Crippen LogP contribution in [-0.2, 0) is 6.54 Å².